The second-order valence-electron chi connectivity index (χ2n) is 3.64. The number of hydrogen-bond donors (Lipinski definition) is 1. The van der Waals surface area contributed by atoms with E-state index in [1.165, 1.54) is 25.3 Å². The molecular formula is C12H8Cl2FN3O2. The van der Waals surface area contributed by atoms with Crippen LogP contribution in [0.2, 0.25) is 10.2 Å². The van der Waals surface area contributed by atoms with E-state index >= 15 is 0 Å². The highest BCUT2D eigenvalue weighted by molar-refractivity contribution is 6.31. The van der Waals surface area contributed by atoms with Crippen molar-refractivity contribution in [1.29, 1.82) is 0 Å². The minimum absolute atomic E-state index is 0.0280. The van der Waals surface area contributed by atoms with Gasteiger partial charge in [-0.05, 0) is 18.2 Å². The Kier molecular flexibility index (Phi) is 4.36. The molecule has 0 radical (unpaired) electrons. The first kappa shape index (κ1) is 14.5. The standard InChI is InChI=1S/C12H8Cl2FN3O2/c1-20-10-5-9(14)16-12(17-10)18-11(19)6-2-3-8(15)7(13)4-6/h2-5H,1H3,(H,16,17,18,19). The highest BCUT2D eigenvalue weighted by Crippen LogP contribution is 2.18. The molecule has 1 N–H and O–H groups in total. The Labute approximate surface area is 123 Å². The van der Waals surface area contributed by atoms with Crippen LogP contribution in [-0.4, -0.2) is 23.0 Å². The molecule has 0 unspecified atom stereocenters. The van der Waals surface area contributed by atoms with Gasteiger partial charge in [-0.1, -0.05) is 23.2 Å². The fourth-order valence-electron chi connectivity index (χ4n) is 1.37. The number of methoxy groups -OCH3 is 1. The first-order valence-electron chi connectivity index (χ1n) is 5.34. The summed E-state index contributed by atoms with van der Waals surface area (Å²) >= 11 is 11.4. The van der Waals surface area contributed by atoms with Gasteiger partial charge >= 0.3 is 0 Å². The van der Waals surface area contributed by atoms with E-state index in [1.807, 2.05) is 0 Å². The third kappa shape index (κ3) is 3.34. The minimum Gasteiger partial charge on any atom is -0.481 e. The SMILES string of the molecule is COc1cc(Cl)nc(NC(=O)c2ccc(F)c(Cl)c2)n1. The number of halogens is 3. The van der Waals surface area contributed by atoms with Crippen LogP contribution in [0.15, 0.2) is 24.3 Å². The minimum atomic E-state index is -0.608. The lowest BCUT2D eigenvalue weighted by Gasteiger charge is -2.06. The van der Waals surface area contributed by atoms with E-state index in [-0.39, 0.29) is 27.6 Å². The molecule has 1 heterocycles. The van der Waals surface area contributed by atoms with E-state index in [0.717, 1.165) is 6.07 Å². The molecule has 1 amide bonds. The van der Waals surface area contributed by atoms with Crippen molar-refractivity contribution >= 4 is 35.1 Å². The number of rotatable bonds is 3. The lowest BCUT2D eigenvalue weighted by Crippen LogP contribution is -2.14. The third-order valence-electron chi connectivity index (χ3n) is 2.29. The largest absolute Gasteiger partial charge is 0.481 e. The van der Waals surface area contributed by atoms with E-state index in [1.54, 1.807) is 0 Å². The Hall–Kier alpha value is -1.92. The summed E-state index contributed by atoms with van der Waals surface area (Å²) in [5.74, 6) is -0.975. The molecule has 0 aliphatic rings. The summed E-state index contributed by atoms with van der Waals surface area (Å²) in [6.07, 6.45) is 0. The Bertz CT molecular complexity index is 667. The molecule has 0 saturated heterocycles. The number of benzene rings is 1. The molecule has 2 aromatic rings. The van der Waals surface area contributed by atoms with Gasteiger partial charge in [-0.15, -0.1) is 0 Å². The average molecular weight is 316 g/mol. The van der Waals surface area contributed by atoms with Crippen LogP contribution in [0.4, 0.5) is 10.3 Å². The summed E-state index contributed by atoms with van der Waals surface area (Å²) in [6.45, 7) is 0. The lowest BCUT2D eigenvalue weighted by atomic mass is 10.2. The highest BCUT2D eigenvalue weighted by Gasteiger charge is 2.12. The van der Waals surface area contributed by atoms with Crippen molar-refractivity contribution in [3.8, 4) is 5.88 Å². The van der Waals surface area contributed by atoms with Gasteiger partial charge < -0.3 is 4.74 Å². The number of anilines is 1. The van der Waals surface area contributed by atoms with E-state index in [4.69, 9.17) is 27.9 Å². The summed E-state index contributed by atoms with van der Waals surface area (Å²) < 4.78 is 17.9. The molecule has 1 aromatic carbocycles. The van der Waals surface area contributed by atoms with Crippen molar-refractivity contribution in [2.24, 2.45) is 0 Å². The summed E-state index contributed by atoms with van der Waals surface area (Å²) in [6, 6.07) is 4.98. The Morgan fingerprint density at radius 2 is 2.05 bits per heavy atom. The van der Waals surface area contributed by atoms with E-state index in [2.05, 4.69) is 15.3 Å². The van der Waals surface area contributed by atoms with Crippen LogP contribution in [0, 0.1) is 5.82 Å². The normalized spacial score (nSPS) is 10.2. The molecule has 20 heavy (non-hydrogen) atoms. The monoisotopic (exact) mass is 315 g/mol. The van der Waals surface area contributed by atoms with Gasteiger partial charge in [-0.2, -0.15) is 4.98 Å². The zero-order valence-corrected chi connectivity index (χ0v) is 11.7. The van der Waals surface area contributed by atoms with Crippen LogP contribution < -0.4 is 10.1 Å². The zero-order chi connectivity index (χ0) is 14.7. The molecule has 0 fully saturated rings. The van der Waals surface area contributed by atoms with Gasteiger partial charge in [-0.3, -0.25) is 10.1 Å². The molecule has 0 atom stereocenters. The van der Waals surface area contributed by atoms with Crippen molar-refractivity contribution in [2.75, 3.05) is 12.4 Å². The molecule has 0 saturated carbocycles. The topological polar surface area (TPSA) is 64.1 Å². The number of nitrogens with one attached hydrogen (secondary N) is 1. The van der Waals surface area contributed by atoms with Crippen LogP contribution in [-0.2, 0) is 0 Å². The van der Waals surface area contributed by atoms with Gasteiger partial charge in [0.2, 0.25) is 11.8 Å². The molecule has 104 valence electrons. The molecule has 2 rings (SSSR count). The van der Waals surface area contributed by atoms with Gasteiger partial charge in [0, 0.05) is 11.6 Å². The van der Waals surface area contributed by atoms with Crippen molar-refractivity contribution < 1.29 is 13.9 Å². The molecule has 1 aromatic heterocycles. The maximum atomic E-state index is 13.0. The second-order valence-corrected chi connectivity index (χ2v) is 4.43. The maximum absolute atomic E-state index is 13.0. The van der Waals surface area contributed by atoms with Crippen molar-refractivity contribution in [2.45, 2.75) is 0 Å². The summed E-state index contributed by atoms with van der Waals surface area (Å²) in [5, 5.41) is 2.38. The number of carbonyl (C=O) groups excluding carboxylic acids is 1. The Balaban J connectivity index is 2.23. The summed E-state index contributed by atoms with van der Waals surface area (Å²) in [4.78, 5) is 19.7. The number of carbonyl (C=O) groups is 1. The van der Waals surface area contributed by atoms with Gasteiger partial charge in [0.15, 0.2) is 0 Å². The number of aromatic nitrogens is 2. The van der Waals surface area contributed by atoms with Crippen LogP contribution in [0.25, 0.3) is 0 Å². The first-order chi connectivity index (χ1) is 9.49. The number of nitrogens with zero attached hydrogens (tertiary/aromatic N) is 2. The molecule has 0 aliphatic heterocycles. The van der Waals surface area contributed by atoms with Crippen LogP contribution in [0.3, 0.4) is 0 Å². The summed E-state index contributed by atoms with van der Waals surface area (Å²) in [7, 11) is 1.41. The lowest BCUT2D eigenvalue weighted by molar-refractivity contribution is 0.102. The van der Waals surface area contributed by atoms with Crippen molar-refractivity contribution in [3.63, 3.8) is 0 Å². The van der Waals surface area contributed by atoms with Crippen LogP contribution in [0.5, 0.6) is 5.88 Å². The molecular weight excluding hydrogens is 308 g/mol. The highest BCUT2D eigenvalue weighted by atomic mass is 35.5. The number of hydrogen-bond acceptors (Lipinski definition) is 4. The molecule has 0 bridgehead atoms. The predicted molar refractivity (Wildman–Crippen MR) is 73.0 cm³/mol. The van der Waals surface area contributed by atoms with Gasteiger partial charge in [0.05, 0.1) is 12.1 Å². The quantitative estimate of drug-likeness (QED) is 0.883. The zero-order valence-electron chi connectivity index (χ0n) is 10.2. The van der Waals surface area contributed by atoms with E-state index < -0.39 is 11.7 Å². The van der Waals surface area contributed by atoms with Gasteiger partial charge in [0.25, 0.3) is 5.91 Å². The van der Waals surface area contributed by atoms with Gasteiger partial charge in [0.1, 0.15) is 11.0 Å². The smallest absolute Gasteiger partial charge is 0.258 e. The molecule has 0 spiro atoms. The average Bonchev–Trinajstić information content (AvgIpc) is 2.41. The van der Waals surface area contributed by atoms with Crippen molar-refractivity contribution in [1.82, 2.24) is 9.97 Å². The fourth-order valence-corrected chi connectivity index (χ4v) is 1.72. The fraction of sp³-hybridized carbons (Fsp3) is 0.0833. The number of amides is 1. The molecule has 8 heteroatoms. The number of ether oxygens (including phenoxy) is 1. The Morgan fingerprint density at radius 1 is 1.30 bits per heavy atom. The van der Waals surface area contributed by atoms with Crippen molar-refractivity contribution in [3.05, 3.63) is 45.8 Å². The molecule has 5 nitrogen and oxygen atoms in total. The molecule has 0 aliphatic carbocycles. The first-order valence-corrected chi connectivity index (χ1v) is 6.10. The van der Waals surface area contributed by atoms with Gasteiger partial charge in [-0.25, -0.2) is 9.37 Å². The summed E-state index contributed by atoms with van der Waals surface area (Å²) in [5.41, 5.74) is 0.166. The van der Waals surface area contributed by atoms with E-state index in [9.17, 15) is 9.18 Å². The third-order valence-corrected chi connectivity index (χ3v) is 2.77. The van der Waals surface area contributed by atoms with Crippen LogP contribution in [0.1, 0.15) is 10.4 Å². The van der Waals surface area contributed by atoms with Crippen LogP contribution >= 0.6 is 23.2 Å². The Morgan fingerprint density at radius 3 is 2.70 bits per heavy atom. The second kappa shape index (κ2) is 6.02. The van der Waals surface area contributed by atoms with E-state index in [0.29, 0.717) is 0 Å². The predicted octanol–water partition coefficient (Wildman–Crippen LogP) is 3.18. The maximum Gasteiger partial charge on any atom is 0.258 e.